The summed E-state index contributed by atoms with van der Waals surface area (Å²) in [5.74, 6) is -0.857. The van der Waals surface area contributed by atoms with E-state index in [1.54, 1.807) is 48.5 Å². The van der Waals surface area contributed by atoms with Gasteiger partial charge in [0.1, 0.15) is 5.52 Å². The molecule has 0 radical (unpaired) electrons. The minimum Gasteiger partial charge on any atom is -0.618 e. The maximum Gasteiger partial charge on any atom is 0.295 e. The Bertz CT molecular complexity index is 947. The Hall–Kier alpha value is -3.08. The molecule has 0 aliphatic heterocycles. The maximum atomic E-state index is 12.5. The Morgan fingerprint density at radius 1 is 0.857 bits per heavy atom. The van der Waals surface area contributed by atoms with Crippen molar-refractivity contribution in [2.45, 2.75) is 0 Å². The second-order valence-electron chi connectivity index (χ2n) is 4.80. The molecule has 5 nitrogen and oxygen atoms in total. The van der Waals surface area contributed by atoms with Crippen LogP contribution >= 0.6 is 0 Å². The van der Waals surface area contributed by atoms with Gasteiger partial charge in [-0.15, -0.1) is 0 Å². The normalized spacial score (nSPS) is 13.1. The summed E-state index contributed by atoms with van der Waals surface area (Å²) in [6, 6.07) is 13.1. The van der Waals surface area contributed by atoms with E-state index < -0.39 is 11.6 Å². The summed E-state index contributed by atoms with van der Waals surface area (Å²) in [6.45, 7) is 0. The number of carbonyl (C=O) groups excluding carboxylic acids is 2. The van der Waals surface area contributed by atoms with Crippen LogP contribution in [0.1, 0.15) is 32.1 Å². The number of para-hydroxylation sites is 2. The molecule has 0 spiro atoms. The van der Waals surface area contributed by atoms with Crippen LogP contribution in [0.3, 0.4) is 0 Å². The first-order valence-electron chi connectivity index (χ1n) is 6.39. The molecule has 100 valence electrons. The molecule has 0 unspecified atom stereocenters. The van der Waals surface area contributed by atoms with Gasteiger partial charge < -0.3 is 5.21 Å². The zero-order chi connectivity index (χ0) is 14.6. The molecule has 4 rings (SSSR count). The van der Waals surface area contributed by atoms with Gasteiger partial charge in [-0.25, -0.2) is 4.98 Å². The van der Waals surface area contributed by atoms with Gasteiger partial charge in [-0.1, -0.05) is 36.4 Å². The van der Waals surface area contributed by atoms with E-state index in [4.69, 9.17) is 0 Å². The fourth-order valence-electron chi connectivity index (χ4n) is 2.61. The van der Waals surface area contributed by atoms with E-state index in [1.165, 1.54) is 0 Å². The number of hydrogen-bond acceptors (Lipinski definition) is 4. The topological polar surface area (TPSA) is 74.0 Å². The highest BCUT2D eigenvalue weighted by Crippen LogP contribution is 2.25. The Kier molecular flexibility index (Phi) is 2.21. The lowest BCUT2D eigenvalue weighted by Crippen LogP contribution is -2.41. The van der Waals surface area contributed by atoms with Gasteiger partial charge in [0.2, 0.25) is 11.3 Å². The van der Waals surface area contributed by atoms with Crippen LogP contribution in [-0.4, -0.2) is 16.6 Å². The number of aromatic nitrogens is 2. The molecule has 0 saturated heterocycles. The van der Waals surface area contributed by atoms with Crippen molar-refractivity contribution in [3.05, 3.63) is 76.3 Å². The molecule has 21 heavy (non-hydrogen) atoms. The highest BCUT2D eigenvalue weighted by molar-refractivity contribution is 6.26. The predicted molar refractivity (Wildman–Crippen MR) is 74.0 cm³/mol. The standard InChI is InChI=1S/C16H8N2O3/c19-15-9-5-1-2-6-10(9)16(20)14-13(15)17-11-7-3-4-8-12(11)18(14)21/h1-8H. The Labute approximate surface area is 119 Å². The van der Waals surface area contributed by atoms with Crippen molar-refractivity contribution in [2.24, 2.45) is 0 Å². The van der Waals surface area contributed by atoms with Crippen LogP contribution in [0.15, 0.2) is 48.5 Å². The van der Waals surface area contributed by atoms with Crippen LogP contribution < -0.4 is 4.73 Å². The molecule has 0 amide bonds. The van der Waals surface area contributed by atoms with Crippen molar-refractivity contribution < 1.29 is 14.3 Å². The first-order valence-corrected chi connectivity index (χ1v) is 6.39. The van der Waals surface area contributed by atoms with Crippen LogP contribution in [0.4, 0.5) is 0 Å². The van der Waals surface area contributed by atoms with Crippen LogP contribution in [0, 0.1) is 5.21 Å². The number of rotatable bonds is 0. The molecular formula is C16H8N2O3. The minimum atomic E-state index is -0.464. The average molecular weight is 276 g/mol. The molecule has 1 aromatic heterocycles. The Morgan fingerprint density at radius 2 is 1.48 bits per heavy atom. The van der Waals surface area contributed by atoms with Crippen molar-refractivity contribution in [1.82, 2.24) is 4.98 Å². The van der Waals surface area contributed by atoms with E-state index >= 15 is 0 Å². The SMILES string of the molecule is O=C1c2ccccc2C(=O)c2c1nc1ccccc1[n+]2[O-]. The highest BCUT2D eigenvalue weighted by Gasteiger charge is 2.38. The zero-order valence-electron chi connectivity index (χ0n) is 10.7. The molecule has 0 bridgehead atoms. The lowest BCUT2D eigenvalue weighted by atomic mass is 9.89. The summed E-state index contributed by atoms with van der Waals surface area (Å²) in [7, 11) is 0. The van der Waals surface area contributed by atoms with Gasteiger partial charge in [-0.3, -0.25) is 9.59 Å². The summed E-state index contributed by atoms with van der Waals surface area (Å²) < 4.78 is 0.508. The Morgan fingerprint density at radius 3 is 2.24 bits per heavy atom. The molecule has 1 aliphatic rings. The largest absolute Gasteiger partial charge is 0.618 e. The molecule has 5 heteroatoms. The smallest absolute Gasteiger partial charge is 0.295 e. The second kappa shape index (κ2) is 3.96. The van der Waals surface area contributed by atoms with Crippen molar-refractivity contribution in [1.29, 1.82) is 0 Å². The number of ketones is 2. The highest BCUT2D eigenvalue weighted by atomic mass is 16.5. The molecule has 0 fully saturated rings. The van der Waals surface area contributed by atoms with Crippen LogP contribution in [0.25, 0.3) is 11.0 Å². The molecule has 0 N–H and O–H groups in total. The quantitative estimate of drug-likeness (QED) is 0.361. The predicted octanol–water partition coefficient (Wildman–Crippen LogP) is 1.64. The number of hydrogen-bond donors (Lipinski definition) is 0. The summed E-state index contributed by atoms with van der Waals surface area (Å²) >= 11 is 0. The van der Waals surface area contributed by atoms with Gasteiger partial charge in [0, 0.05) is 17.2 Å². The van der Waals surface area contributed by atoms with Gasteiger partial charge in [0.15, 0.2) is 5.69 Å². The summed E-state index contributed by atoms with van der Waals surface area (Å²) in [5.41, 5.74) is 0.933. The monoisotopic (exact) mass is 276 g/mol. The van der Waals surface area contributed by atoms with Crippen LogP contribution in [-0.2, 0) is 0 Å². The van der Waals surface area contributed by atoms with E-state index in [1.807, 2.05) is 0 Å². The summed E-state index contributed by atoms with van der Waals surface area (Å²) in [5, 5.41) is 12.4. The van der Waals surface area contributed by atoms with Crippen LogP contribution in [0.2, 0.25) is 0 Å². The summed E-state index contributed by atoms with van der Waals surface area (Å²) in [4.78, 5) is 29.2. The Balaban J connectivity index is 2.14. The number of fused-ring (bicyclic) bond motifs is 3. The van der Waals surface area contributed by atoms with Crippen molar-refractivity contribution in [2.75, 3.05) is 0 Å². The van der Waals surface area contributed by atoms with Crippen LogP contribution in [0.5, 0.6) is 0 Å². The fraction of sp³-hybridized carbons (Fsp3) is 0. The van der Waals surface area contributed by atoms with E-state index in [-0.39, 0.29) is 28.0 Å². The molecule has 1 aliphatic carbocycles. The van der Waals surface area contributed by atoms with E-state index in [0.29, 0.717) is 10.2 Å². The van der Waals surface area contributed by atoms with Crippen molar-refractivity contribution in [3.8, 4) is 0 Å². The zero-order valence-corrected chi connectivity index (χ0v) is 10.7. The van der Waals surface area contributed by atoms with E-state index in [0.717, 1.165) is 0 Å². The molecule has 0 atom stereocenters. The molecule has 0 saturated carbocycles. The minimum absolute atomic E-state index is 0.0765. The lowest BCUT2D eigenvalue weighted by molar-refractivity contribution is -0.579. The third kappa shape index (κ3) is 1.45. The third-order valence-electron chi connectivity index (χ3n) is 3.61. The maximum absolute atomic E-state index is 12.5. The number of nitrogens with zero attached hydrogens (tertiary/aromatic N) is 2. The number of carbonyl (C=O) groups is 2. The fourth-order valence-corrected chi connectivity index (χ4v) is 2.61. The molecule has 1 heterocycles. The van der Waals surface area contributed by atoms with Crippen molar-refractivity contribution >= 4 is 22.6 Å². The summed E-state index contributed by atoms with van der Waals surface area (Å²) in [6.07, 6.45) is 0. The first-order chi connectivity index (χ1) is 10.2. The van der Waals surface area contributed by atoms with Crippen molar-refractivity contribution in [3.63, 3.8) is 0 Å². The van der Waals surface area contributed by atoms with Gasteiger partial charge in [-0.2, -0.15) is 4.73 Å². The molecule has 2 aromatic carbocycles. The first kappa shape index (κ1) is 11.7. The van der Waals surface area contributed by atoms with Gasteiger partial charge >= 0.3 is 0 Å². The van der Waals surface area contributed by atoms with E-state index in [9.17, 15) is 14.8 Å². The van der Waals surface area contributed by atoms with Gasteiger partial charge in [0.05, 0.1) is 0 Å². The van der Waals surface area contributed by atoms with Gasteiger partial charge in [-0.05, 0) is 6.07 Å². The third-order valence-corrected chi connectivity index (χ3v) is 3.61. The second-order valence-corrected chi connectivity index (χ2v) is 4.80. The van der Waals surface area contributed by atoms with Gasteiger partial charge in [0.25, 0.3) is 11.5 Å². The molecular weight excluding hydrogens is 268 g/mol. The van der Waals surface area contributed by atoms with E-state index in [2.05, 4.69) is 4.98 Å². The number of benzene rings is 2. The molecule has 3 aromatic rings. The average Bonchev–Trinajstić information content (AvgIpc) is 2.52. The lowest BCUT2D eigenvalue weighted by Gasteiger charge is -2.16.